The van der Waals surface area contributed by atoms with Crippen LogP contribution >= 0.6 is 0 Å². The fraction of sp³-hybridized carbons (Fsp3) is 0.841. The van der Waals surface area contributed by atoms with Gasteiger partial charge in [0.15, 0.2) is 0 Å². The molecule has 12 unspecified atom stereocenters. The molecule has 5 heteroatoms. The van der Waals surface area contributed by atoms with E-state index >= 15 is 0 Å². The van der Waals surface area contributed by atoms with Crippen LogP contribution in [0.15, 0.2) is 36.0 Å². The number of carbonyl (C=O) groups is 1. The van der Waals surface area contributed by atoms with Gasteiger partial charge in [-0.3, -0.25) is 9.69 Å². The van der Waals surface area contributed by atoms with E-state index in [0.29, 0.717) is 46.3 Å². The topological polar surface area (TPSA) is 61.8 Å². The summed E-state index contributed by atoms with van der Waals surface area (Å²) in [6.45, 7) is 24.6. The van der Waals surface area contributed by atoms with Crippen molar-refractivity contribution in [3.8, 4) is 0 Å². The second-order valence-electron chi connectivity index (χ2n) is 19.2. The lowest BCUT2D eigenvalue weighted by Crippen LogP contribution is -2.64. The standard InChI is InChI=1S/C41H64N2O3.C3H6/c1-7-46-27-21-25(2)43(24-27)20-19-42-41-15-8-9-33(41)28-10-11-35-39(5,32(28)13-18-41)17-14-34-38(3,4)31(12-16-40(34,35)6)26-22-29-30(23-26)36(29)37(44)45;1-3-2/h12,22,25,27-30,32-36,42H,7-11,13-21,23-24H2,1-6H3,(H,44,45);3H,1H2,2H3/t25?,27?,28?,29?,30?,32?,33-,34?,35?,36?,39?,40?,41?;/m1./s1. The van der Waals surface area contributed by atoms with E-state index in [4.69, 9.17) is 4.74 Å². The lowest BCUT2D eigenvalue weighted by molar-refractivity contribution is -0.175. The van der Waals surface area contributed by atoms with Crippen LogP contribution in [0.1, 0.15) is 126 Å². The first-order valence-electron chi connectivity index (χ1n) is 20.7. The molecule has 5 nitrogen and oxygen atoms in total. The van der Waals surface area contributed by atoms with Gasteiger partial charge in [-0.25, -0.2) is 0 Å². The Labute approximate surface area is 299 Å². The van der Waals surface area contributed by atoms with Crippen molar-refractivity contribution in [3.05, 3.63) is 36.0 Å². The van der Waals surface area contributed by atoms with Crippen molar-refractivity contribution in [1.82, 2.24) is 10.2 Å². The van der Waals surface area contributed by atoms with Crippen molar-refractivity contribution in [2.75, 3.05) is 26.2 Å². The number of fused-ring (bicyclic) bond motifs is 8. The monoisotopic (exact) mass is 675 g/mol. The molecule has 1 saturated heterocycles. The van der Waals surface area contributed by atoms with Gasteiger partial charge < -0.3 is 15.2 Å². The Kier molecular flexibility index (Phi) is 9.69. The van der Waals surface area contributed by atoms with Gasteiger partial charge in [0, 0.05) is 37.8 Å². The summed E-state index contributed by atoms with van der Waals surface area (Å²) in [5.41, 5.74) is 4.46. The Balaban J connectivity index is 0.00000122. The zero-order valence-electron chi connectivity index (χ0n) is 32.2. The van der Waals surface area contributed by atoms with Crippen molar-refractivity contribution < 1.29 is 14.6 Å². The van der Waals surface area contributed by atoms with E-state index in [1.807, 2.05) is 6.92 Å². The predicted octanol–water partition coefficient (Wildman–Crippen LogP) is 9.30. The molecule has 5 saturated carbocycles. The molecule has 0 amide bonds. The minimum atomic E-state index is -0.585. The van der Waals surface area contributed by atoms with Crippen LogP contribution in [0, 0.1) is 63.6 Å². The molecule has 7 aliphatic carbocycles. The molecule has 1 heterocycles. The molecule has 2 N–H and O–H groups in total. The number of nitrogens with zero attached hydrogens (tertiary/aromatic N) is 1. The lowest BCUT2D eigenvalue weighted by Gasteiger charge is -2.68. The number of carboxylic acids is 1. The Morgan fingerprint density at radius 3 is 2.51 bits per heavy atom. The van der Waals surface area contributed by atoms with Crippen LogP contribution in [-0.4, -0.2) is 59.9 Å². The Bertz CT molecular complexity index is 1330. The maximum absolute atomic E-state index is 11.6. The molecule has 8 rings (SSSR count). The van der Waals surface area contributed by atoms with E-state index in [0.717, 1.165) is 56.3 Å². The second kappa shape index (κ2) is 13.2. The van der Waals surface area contributed by atoms with Gasteiger partial charge in [-0.2, -0.15) is 0 Å². The van der Waals surface area contributed by atoms with Crippen LogP contribution in [0.3, 0.4) is 0 Å². The molecule has 0 radical (unpaired) electrons. The number of ether oxygens (including phenoxy) is 1. The first-order valence-corrected chi connectivity index (χ1v) is 20.7. The van der Waals surface area contributed by atoms with Gasteiger partial charge in [0.2, 0.25) is 0 Å². The fourth-order valence-corrected chi connectivity index (χ4v) is 14.8. The van der Waals surface area contributed by atoms with Crippen LogP contribution < -0.4 is 5.32 Å². The highest BCUT2D eigenvalue weighted by atomic mass is 16.5. The molecule has 0 spiro atoms. The van der Waals surface area contributed by atoms with Gasteiger partial charge in [-0.1, -0.05) is 52.3 Å². The molecule has 0 aromatic rings. The molecule has 0 aromatic heterocycles. The number of rotatable bonds is 8. The number of carboxylic acid groups (broad SMARTS) is 1. The summed E-state index contributed by atoms with van der Waals surface area (Å²) in [6, 6.07) is 0.637. The van der Waals surface area contributed by atoms with Crippen molar-refractivity contribution in [2.24, 2.45) is 63.6 Å². The zero-order valence-corrected chi connectivity index (χ0v) is 32.2. The fourth-order valence-electron chi connectivity index (χ4n) is 14.8. The number of hydrogen-bond acceptors (Lipinski definition) is 4. The van der Waals surface area contributed by atoms with Crippen molar-refractivity contribution in [2.45, 2.75) is 143 Å². The summed E-state index contributed by atoms with van der Waals surface area (Å²) in [6.07, 6.45) is 23.3. The van der Waals surface area contributed by atoms with E-state index in [-0.39, 0.29) is 11.3 Å². The van der Waals surface area contributed by atoms with Crippen LogP contribution in [-0.2, 0) is 9.53 Å². The number of likely N-dealkylation sites (tertiary alicyclic amines) is 1. The summed E-state index contributed by atoms with van der Waals surface area (Å²) >= 11 is 0. The van der Waals surface area contributed by atoms with Crippen LogP contribution in [0.25, 0.3) is 0 Å². The molecule has 6 fully saturated rings. The third-order valence-electron chi connectivity index (χ3n) is 16.7. The normalized spacial score (nSPS) is 47.7. The highest BCUT2D eigenvalue weighted by Crippen LogP contribution is 2.73. The van der Waals surface area contributed by atoms with Gasteiger partial charge in [-0.15, -0.1) is 6.58 Å². The minimum absolute atomic E-state index is 0.113. The van der Waals surface area contributed by atoms with E-state index in [1.165, 1.54) is 76.2 Å². The predicted molar refractivity (Wildman–Crippen MR) is 200 cm³/mol. The highest BCUT2D eigenvalue weighted by molar-refractivity contribution is 5.76. The summed E-state index contributed by atoms with van der Waals surface area (Å²) in [5, 5.41) is 13.9. The van der Waals surface area contributed by atoms with Gasteiger partial charge in [0.1, 0.15) is 0 Å². The van der Waals surface area contributed by atoms with Gasteiger partial charge in [0.05, 0.1) is 12.0 Å². The molecule has 0 aromatic carbocycles. The third-order valence-corrected chi connectivity index (χ3v) is 16.7. The summed E-state index contributed by atoms with van der Waals surface area (Å²) < 4.78 is 5.99. The Morgan fingerprint density at radius 1 is 1.04 bits per heavy atom. The molecule has 13 atom stereocenters. The molecule has 49 heavy (non-hydrogen) atoms. The first-order chi connectivity index (χ1) is 23.3. The molecular weight excluding hydrogens is 604 g/mol. The second-order valence-corrected chi connectivity index (χ2v) is 19.2. The largest absolute Gasteiger partial charge is 0.481 e. The average Bonchev–Trinajstić information content (AvgIpc) is 3.34. The molecule has 8 aliphatic rings. The molecular formula is C44H70N2O3. The van der Waals surface area contributed by atoms with E-state index < -0.39 is 5.97 Å². The quantitative estimate of drug-likeness (QED) is 0.251. The highest BCUT2D eigenvalue weighted by Gasteiger charge is 2.66. The van der Waals surface area contributed by atoms with Crippen LogP contribution in [0.5, 0.6) is 0 Å². The maximum atomic E-state index is 11.6. The van der Waals surface area contributed by atoms with Crippen LogP contribution in [0.4, 0.5) is 0 Å². The van der Waals surface area contributed by atoms with Crippen molar-refractivity contribution in [3.63, 3.8) is 0 Å². The van der Waals surface area contributed by atoms with Crippen LogP contribution in [0.2, 0.25) is 0 Å². The van der Waals surface area contributed by atoms with E-state index in [9.17, 15) is 9.90 Å². The number of nitrogens with one attached hydrogen (secondary N) is 1. The Hall–Kier alpha value is -1.43. The van der Waals surface area contributed by atoms with Gasteiger partial charge >= 0.3 is 5.97 Å². The van der Waals surface area contributed by atoms with E-state index in [1.54, 1.807) is 11.6 Å². The maximum Gasteiger partial charge on any atom is 0.307 e. The molecule has 274 valence electrons. The van der Waals surface area contributed by atoms with Gasteiger partial charge in [-0.05, 0) is 160 Å². The summed E-state index contributed by atoms with van der Waals surface area (Å²) in [7, 11) is 0. The number of aliphatic carboxylic acids is 1. The number of allylic oxidation sites excluding steroid dienone is 5. The SMILES string of the molecule is C=CC.CCOC1CC(C)N(CCNC23CCC[C@@H]2C2CCC4C(C)(CCC5C(C)(C)C(C6=CC7C(C6)C7C(=O)O)=CCC54C)C2CC3)C1. The smallest absolute Gasteiger partial charge is 0.307 e. The first kappa shape index (κ1) is 36.0. The van der Waals surface area contributed by atoms with Crippen molar-refractivity contribution >= 4 is 5.97 Å². The summed E-state index contributed by atoms with van der Waals surface area (Å²) in [5.74, 6) is 4.15. The zero-order chi connectivity index (χ0) is 34.9. The number of hydrogen-bond donors (Lipinski definition) is 2. The average molecular weight is 675 g/mol. The van der Waals surface area contributed by atoms with Gasteiger partial charge in [0.25, 0.3) is 0 Å². The Morgan fingerprint density at radius 2 is 1.82 bits per heavy atom. The molecule has 0 bridgehead atoms. The molecule has 1 aliphatic heterocycles. The van der Waals surface area contributed by atoms with Crippen molar-refractivity contribution in [1.29, 1.82) is 0 Å². The minimum Gasteiger partial charge on any atom is -0.481 e. The third kappa shape index (κ3) is 5.77. The summed E-state index contributed by atoms with van der Waals surface area (Å²) in [4.78, 5) is 14.3. The van der Waals surface area contributed by atoms with E-state index in [2.05, 4.69) is 70.5 Å². The lowest BCUT2D eigenvalue weighted by atomic mass is 9.37.